The summed E-state index contributed by atoms with van der Waals surface area (Å²) in [7, 11) is -3.33. The van der Waals surface area contributed by atoms with Gasteiger partial charge in [-0.25, -0.2) is 18.4 Å². The van der Waals surface area contributed by atoms with Crippen molar-refractivity contribution in [2.24, 2.45) is 5.92 Å². The normalized spacial score (nSPS) is 11.6. The van der Waals surface area contributed by atoms with Gasteiger partial charge in [-0.05, 0) is 42.5 Å². The van der Waals surface area contributed by atoms with E-state index >= 15 is 0 Å². The van der Waals surface area contributed by atoms with Gasteiger partial charge in [-0.15, -0.1) is 0 Å². The molecule has 0 radical (unpaired) electrons. The van der Waals surface area contributed by atoms with Crippen LogP contribution in [0, 0.1) is 5.92 Å². The molecule has 0 fully saturated rings. The molecule has 0 saturated carbocycles. The van der Waals surface area contributed by atoms with E-state index in [1.165, 1.54) is 12.4 Å². The molecule has 3 aromatic rings. The molecule has 0 unspecified atom stereocenters. The predicted octanol–water partition coefficient (Wildman–Crippen LogP) is 3.37. The molecule has 0 saturated heterocycles. The van der Waals surface area contributed by atoms with Crippen molar-refractivity contribution >= 4 is 43.8 Å². The highest BCUT2D eigenvalue weighted by atomic mass is 32.2. The first-order chi connectivity index (χ1) is 12.7. The lowest BCUT2D eigenvalue weighted by Crippen LogP contribution is -2.17. The number of hydrogen-bond acceptors (Lipinski definition) is 6. The summed E-state index contributed by atoms with van der Waals surface area (Å²) in [5.41, 5.74) is 2.09. The number of carbonyl (C=O) groups is 1. The van der Waals surface area contributed by atoms with Crippen LogP contribution in [0.5, 0.6) is 0 Å². The number of fused-ring (bicyclic) bond motifs is 1. The molecule has 2 N–H and O–H groups in total. The molecule has 0 atom stereocenters. The number of amides is 1. The molecule has 140 valence electrons. The molecule has 27 heavy (non-hydrogen) atoms. The fourth-order valence-corrected chi connectivity index (χ4v) is 3.07. The maximum atomic E-state index is 11.8. The molecular weight excluding hydrogens is 364 g/mol. The van der Waals surface area contributed by atoms with E-state index in [9.17, 15) is 13.2 Å². The summed E-state index contributed by atoms with van der Waals surface area (Å²) in [4.78, 5) is 20.4. The zero-order chi connectivity index (χ0) is 19.6. The van der Waals surface area contributed by atoms with Crippen LogP contribution in [0.2, 0.25) is 0 Å². The summed E-state index contributed by atoms with van der Waals surface area (Å²) < 4.78 is 23.6. The first kappa shape index (κ1) is 18.8. The summed E-state index contributed by atoms with van der Waals surface area (Å²) in [6.07, 6.45) is 2.58. The van der Waals surface area contributed by atoms with Gasteiger partial charge in [0.1, 0.15) is 12.1 Å². The molecule has 0 spiro atoms. The van der Waals surface area contributed by atoms with Crippen LogP contribution in [0.1, 0.15) is 13.8 Å². The third-order valence-corrected chi connectivity index (χ3v) is 5.08. The molecule has 1 amide bonds. The van der Waals surface area contributed by atoms with E-state index in [1.54, 1.807) is 24.3 Å². The van der Waals surface area contributed by atoms with E-state index in [1.807, 2.05) is 26.0 Å². The molecule has 7 nitrogen and oxygen atoms in total. The standard InChI is InChI=1S/C19H20N4O3S/c1-12(2)19(24)23-14-6-4-13(5-7-14)22-18-16-10-15(27(3,25)26)8-9-17(16)20-11-21-18/h4-12H,1-3H3,(H,23,24)(H,20,21,22). The zero-order valence-electron chi connectivity index (χ0n) is 15.2. The number of hydrogen-bond donors (Lipinski definition) is 2. The van der Waals surface area contributed by atoms with E-state index in [2.05, 4.69) is 20.6 Å². The Kier molecular flexibility index (Phi) is 5.09. The number of nitrogens with zero attached hydrogens (tertiary/aromatic N) is 2. The minimum atomic E-state index is -3.33. The molecule has 0 aliphatic rings. The Balaban J connectivity index is 1.89. The van der Waals surface area contributed by atoms with E-state index in [4.69, 9.17) is 0 Å². The van der Waals surface area contributed by atoms with Gasteiger partial charge >= 0.3 is 0 Å². The van der Waals surface area contributed by atoms with Crippen molar-refractivity contribution in [1.29, 1.82) is 0 Å². The fraction of sp³-hybridized carbons (Fsp3) is 0.211. The Morgan fingerprint density at radius 3 is 2.30 bits per heavy atom. The number of nitrogens with one attached hydrogen (secondary N) is 2. The summed E-state index contributed by atoms with van der Waals surface area (Å²) >= 11 is 0. The molecule has 0 bridgehead atoms. The SMILES string of the molecule is CC(C)C(=O)Nc1ccc(Nc2ncnc3ccc(S(C)(=O)=O)cc23)cc1. The number of sulfone groups is 1. The van der Waals surface area contributed by atoms with Gasteiger partial charge in [0.25, 0.3) is 0 Å². The Bertz CT molecular complexity index is 1090. The lowest BCUT2D eigenvalue weighted by Gasteiger charge is -2.11. The van der Waals surface area contributed by atoms with Crippen molar-refractivity contribution in [3.63, 3.8) is 0 Å². The lowest BCUT2D eigenvalue weighted by molar-refractivity contribution is -0.118. The highest BCUT2D eigenvalue weighted by Crippen LogP contribution is 2.26. The Morgan fingerprint density at radius 1 is 1.00 bits per heavy atom. The van der Waals surface area contributed by atoms with Crippen LogP contribution >= 0.6 is 0 Å². The monoisotopic (exact) mass is 384 g/mol. The minimum absolute atomic E-state index is 0.0502. The third-order valence-electron chi connectivity index (χ3n) is 3.97. The molecule has 8 heteroatoms. The molecule has 0 aliphatic carbocycles. The van der Waals surface area contributed by atoms with Crippen LogP contribution in [0.4, 0.5) is 17.2 Å². The second-order valence-electron chi connectivity index (χ2n) is 6.52. The second kappa shape index (κ2) is 7.32. The summed E-state index contributed by atoms with van der Waals surface area (Å²) in [6.45, 7) is 3.66. The largest absolute Gasteiger partial charge is 0.340 e. The van der Waals surface area contributed by atoms with Gasteiger partial charge in [0.2, 0.25) is 5.91 Å². The van der Waals surface area contributed by atoms with Crippen LogP contribution in [0.3, 0.4) is 0 Å². The van der Waals surface area contributed by atoms with E-state index in [0.717, 1.165) is 11.9 Å². The minimum Gasteiger partial charge on any atom is -0.340 e. The van der Waals surface area contributed by atoms with E-state index in [-0.39, 0.29) is 16.7 Å². The van der Waals surface area contributed by atoms with Gasteiger partial charge in [0.05, 0.1) is 10.4 Å². The molecule has 0 aliphatic heterocycles. The summed E-state index contributed by atoms with van der Waals surface area (Å²) in [5.74, 6) is 0.356. The van der Waals surface area contributed by atoms with E-state index < -0.39 is 9.84 Å². The quantitative estimate of drug-likeness (QED) is 0.699. The second-order valence-corrected chi connectivity index (χ2v) is 8.54. The van der Waals surface area contributed by atoms with Crippen LogP contribution < -0.4 is 10.6 Å². The van der Waals surface area contributed by atoms with Crippen LogP contribution in [-0.2, 0) is 14.6 Å². The highest BCUT2D eigenvalue weighted by Gasteiger charge is 2.11. The Labute approximate surface area is 157 Å². The number of anilines is 3. The topological polar surface area (TPSA) is 101 Å². The van der Waals surface area contributed by atoms with Crippen LogP contribution in [-0.4, -0.2) is 30.5 Å². The number of aromatic nitrogens is 2. The molecule has 3 rings (SSSR count). The van der Waals surface area contributed by atoms with Crippen LogP contribution in [0.25, 0.3) is 10.9 Å². The van der Waals surface area contributed by atoms with Gasteiger partial charge in [0.15, 0.2) is 9.84 Å². The van der Waals surface area contributed by atoms with Crippen LogP contribution in [0.15, 0.2) is 53.7 Å². The zero-order valence-corrected chi connectivity index (χ0v) is 16.0. The smallest absolute Gasteiger partial charge is 0.226 e. The fourth-order valence-electron chi connectivity index (χ4n) is 2.43. The maximum Gasteiger partial charge on any atom is 0.226 e. The number of rotatable bonds is 5. The molecule has 1 heterocycles. The highest BCUT2D eigenvalue weighted by molar-refractivity contribution is 7.90. The van der Waals surface area contributed by atoms with Gasteiger partial charge in [-0.3, -0.25) is 4.79 Å². The van der Waals surface area contributed by atoms with Gasteiger partial charge in [-0.2, -0.15) is 0 Å². The van der Waals surface area contributed by atoms with Gasteiger partial charge in [-0.1, -0.05) is 13.8 Å². The number of benzene rings is 2. The Morgan fingerprint density at radius 2 is 1.67 bits per heavy atom. The first-order valence-electron chi connectivity index (χ1n) is 8.37. The van der Waals surface area contributed by atoms with Crippen molar-refractivity contribution < 1.29 is 13.2 Å². The first-order valence-corrected chi connectivity index (χ1v) is 10.3. The average molecular weight is 384 g/mol. The summed E-state index contributed by atoms with van der Waals surface area (Å²) in [5, 5.41) is 6.61. The molecule has 1 aromatic heterocycles. The van der Waals surface area contributed by atoms with Gasteiger partial charge in [0, 0.05) is 28.9 Å². The van der Waals surface area contributed by atoms with Gasteiger partial charge < -0.3 is 10.6 Å². The maximum absolute atomic E-state index is 11.8. The third kappa shape index (κ3) is 4.40. The predicted molar refractivity (Wildman–Crippen MR) is 106 cm³/mol. The molecule has 2 aromatic carbocycles. The Hall–Kier alpha value is -3.00. The average Bonchev–Trinajstić information content (AvgIpc) is 2.62. The van der Waals surface area contributed by atoms with Crippen molar-refractivity contribution in [2.75, 3.05) is 16.9 Å². The van der Waals surface area contributed by atoms with E-state index in [0.29, 0.717) is 22.4 Å². The number of carbonyl (C=O) groups excluding carboxylic acids is 1. The molecular formula is C19H20N4O3S. The van der Waals surface area contributed by atoms with Crippen molar-refractivity contribution in [3.8, 4) is 0 Å². The van der Waals surface area contributed by atoms with Crippen molar-refractivity contribution in [2.45, 2.75) is 18.7 Å². The lowest BCUT2D eigenvalue weighted by atomic mass is 10.2. The van der Waals surface area contributed by atoms with Crippen molar-refractivity contribution in [3.05, 3.63) is 48.8 Å². The summed E-state index contributed by atoms with van der Waals surface area (Å²) in [6, 6.07) is 11.9. The van der Waals surface area contributed by atoms with Crippen molar-refractivity contribution in [1.82, 2.24) is 9.97 Å².